The van der Waals surface area contributed by atoms with E-state index in [2.05, 4.69) is 5.32 Å². The Labute approximate surface area is 158 Å². The van der Waals surface area contributed by atoms with Crippen LogP contribution in [0.1, 0.15) is 31.9 Å². The summed E-state index contributed by atoms with van der Waals surface area (Å²) in [4.78, 5) is 12.8. The van der Waals surface area contributed by atoms with Crippen molar-refractivity contribution in [2.75, 3.05) is 13.7 Å². The Bertz CT molecular complexity index is 863. The minimum atomic E-state index is -0.687. The fourth-order valence-electron chi connectivity index (χ4n) is 3.50. The second-order valence-corrected chi connectivity index (χ2v) is 7.40. The number of hydrogen-bond acceptors (Lipinski definition) is 5. The summed E-state index contributed by atoms with van der Waals surface area (Å²) in [6, 6.07) is 12.8. The third-order valence-corrected chi connectivity index (χ3v) is 4.80. The lowest BCUT2D eigenvalue weighted by Crippen LogP contribution is -2.48. The van der Waals surface area contributed by atoms with E-state index in [0.29, 0.717) is 17.9 Å². The molecular formula is C21H23NO5. The molecule has 2 heterocycles. The van der Waals surface area contributed by atoms with Crippen molar-refractivity contribution in [3.05, 3.63) is 48.0 Å². The highest BCUT2D eigenvalue weighted by atomic mass is 16.6. The number of ether oxygens (including phenoxy) is 4. The first-order valence-corrected chi connectivity index (χ1v) is 9.01. The van der Waals surface area contributed by atoms with Crippen LogP contribution in [-0.4, -0.2) is 31.3 Å². The SMILES string of the molecule is COc1ccc2c(c1)OC(C)(C)C[C@H]2NC(=O)[C@H]1COc2ccccc2O1. The summed E-state index contributed by atoms with van der Waals surface area (Å²) in [6.07, 6.45) is -0.0325. The third kappa shape index (κ3) is 3.52. The molecule has 1 N–H and O–H groups in total. The molecule has 0 bridgehead atoms. The average molecular weight is 369 g/mol. The van der Waals surface area contributed by atoms with Gasteiger partial charge in [-0.25, -0.2) is 0 Å². The van der Waals surface area contributed by atoms with Crippen molar-refractivity contribution >= 4 is 5.91 Å². The normalized spacial score (nSPS) is 22.2. The number of rotatable bonds is 3. The van der Waals surface area contributed by atoms with Crippen LogP contribution in [0.15, 0.2) is 42.5 Å². The maximum atomic E-state index is 12.8. The zero-order valence-corrected chi connectivity index (χ0v) is 15.7. The van der Waals surface area contributed by atoms with Gasteiger partial charge in [-0.2, -0.15) is 0 Å². The molecule has 0 aliphatic carbocycles. The summed E-state index contributed by atoms with van der Waals surface area (Å²) in [5.74, 6) is 2.49. The lowest BCUT2D eigenvalue weighted by Gasteiger charge is -2.38. The maximum absolute atomic E-state index is 12.8. The lowest BCUT2D eigenvalue weighted by atomic mass is 9.89. The first-order chi connectivity index (χ1) is 12.9. The molecule has 2 aliphatic heterocycles. The molecule has 4 rings (SSSR count). The summed E-state index contributed by atoms with van der Waals surface area (Å²) >= 11 is 0. The number of carbonyl (C=O) groups excluding carboxylic acids is 1. The van der Waals surface area contributed by atoms with E-state index in [4.69, 9.17) is 18.9 Å². The summed E-state index contributed by atoms with van der Waals surface area (Å²) in [7, 11) is 1.62. The van der Waals surface area contributed by atoms with Crippen LogP contribution in [0.25, 0.3) is 0 Å². The summed E-state index contributed by atoms with van der Waals surface area (Å²) < 4.78 is 22.9. The van der Waals surface area contributed by atoms with Crippen molar-refractivity contribution in [1.29, 1.82) is 0 Å². The van der Waals surface area contributed by atoms with Gasteiger partial charge in [0.05, 0.1) is 13.2 Å². The molecule has 27 heavy (non-hydrogen) atoms. The highest BCUT2D eigenvalue weighted by Crippen LogP contribution is 2.41. The molecule has 0 unspecified atom stereocenters. The van der Waals surface area contributed by atoms with Crippen LogP contribution < -0.4 is 24.3 Å². The van der Waals surface area contributed by atoms with Crippen LogP contribution in [0.3, 0.4) is 0 Å². The first-order valence-electron chi connectivity index (χ1n) is 9.01. The number of para-hydroxylation sites is 2. The molecular weight excluding hydrogens is 346 g/mol. The van der Waals surface area contributed by atoms with Gasteiger partial charge in [-0.05, 0) is 38.1 Å². The van der Waals surface area contributed by atoms with E-state index in [1.807, 2.05) is 50.2 Å². The minimum Gasteiger partial charge on any atom is -0.497 e. The molecule has 0 aromatic heterocycles. The van der Waals surface area contributed by atoms with Gasteiger partial charge in [0.25, 0.3) is 5.91 Å². The van der Waals surface area contributed by atoms with Crippen LogP contribution in [0.4, 0.5) is 0 Å². The van der Waals surface area contributed by atoms with Gasteiger partial charge in [0.15, 0.2) is 11.5 Å². The number of hydrogen-bond donors (Lipinski definition) is 1. The monoisotopic (exact) mass is 369 g/mol. The van der Waals surface area contributed by atoms with Crippen molar-refractivity contribution < 1.29 is 23.7 Å². The molecule has 6 nitrogen and oxygen atoms in total. The fraction of sp³-hybridized carbons (Fsp3) is 0.381. The van der Waals surface area contributed by atoms with E-state index in [-0.39, 0.29) is 18.6 Å². The highest BCUT2D eigenvalue weighted by molar-refractivity contribution is 5.82. The third-order valence-electron chi connectivity index (χ3n) is 4.80. The predicted molar refractivity (Wildman–Crippen MR) is 99.6 cm³/mol. The Kier molecular flexibility index (Phi) is 4.34. The molecule has 2 aromatic carbocycles. The lowest BCUT2D eigenvalue weighted by molar-refractivity contribution is -0.131. The summed E-state index contributed by atoms with van der Waals surface area (Å²) in [5, 5.41) is 3.10. The zero-order valence-electron chi connectivity index (χ0n) is 15.7. The van der Waals surface area contributed by atoms with Gasteiger partial charge < -0.3 is 24.3 Å². The molecule has 0 radical (unpaired) electrons. The Morgan fingerprint density at radius 1 is 1.15 bits per heavy atom. The van der Waals surface area contributed by atoms with Crippen LogP contribution in [0, 0.1) is 0 Å². The Hall–Kier alpha value is -2.89. The molecule has 0 saturated heterocycles. The van der Waals surface area contributed by atoms with Gasteiger partial charge in [-0.1, -0.05) is 12.1 Å². The van der Waals surface area contributed by atoms with E-state index in [9.17, 15) is 4.79 Å². The standard InChI is InChI=1S/C21H23NO5/c1-21(2)11-15(14-9-8-13(24-3)10-18(14)27-21)22-20(23)19-12-25-16-6-4-5-7-17(16)26-19/h4-10,15,19H,11-12H2,1-3H3,(H,22,23)/t15-,19-/m1/s1. The molecule has 0 fully saturated rings. The number of fused-ring (bicyclic) bond motifs is 2. The van der Waals surface area contributed by atoms with Gasteiger partial charge in [0.2, 0.25) is 6.10 Å². The Morgan fingerprint density at radius 3 is 2.70 bits per heavy atom. The minimum absolute atomic E-state index is 0.178. The Morgan fingerprint density at radius 2 is 1.93 bits per heavy atom. The number of methoxy groups -OCH3 is 1. The van der Waals surface area contributed by atoms with Crippen LogP contribution in [0.2, 0.25) is 0 Å². The fourth-order valence-corrected chi connectivity index (χ4v) is 3.50. The van der Waals surface area contributed by atoms with E-state index in [1.165, 1.54) is 0 Å². The summed E-state index contributed by atoms with van der Waals surface area (Å²) in [5.41, 5.74) is 0.522. The molecule has 0 saturated carbocycles. The largest absolute Gasteiger partial charge is 0.497 e. The van der Waals surface area contributed by atoms with Gasteiger partial charge in [-0.15, -0.1) is 0 Å². The smallest absolute Gasteiger partial charge is 0.265 e. The first kappa shape index (κ1) is 17.5. The molecule has 2 aromatic rings. The Balaban J connectivity index is 1.53. The van der Waals surface area contributed by atoms with Crippen molar-refractivity contribution in [3.8, 4) is 23.0 Å². The van der Waals surface area contributed by atoms with Crippen LogP contribution >= 0.6 is 0 Å². The molecule has 2 atom stereocenters. The average Bonchev–Trinajstić information content (AvgIpc) is 2.66. The van der Waals surface area contributed by atoms with E-state index >= 15 is 0 Å². The second kappa shape index (κ2) is 6.68. The van der Waals surface area contributed by atoms with E-state index in [1.54, 1.807) is 13.2 Å². The van der Waals surface area contributed by atoms with Gasteiger partial charge >= 0.3 is 0 Å². The number of amides is 1. The number of carbonyl (C=O) groups is 1. The van der Waals surface area contributed by atoms with Crippen molar-refractivity contribution in [2.24, 2.45) is 0 Å². The van der Waals surface area contributed by atoms with Crippen LogP contribution in [-0.2, 0) is 4.79 Å². The summed E-state index contributed by atoms with van der Waals surface area (Å²) in [6.45, 7) is 4.20. The number of nitrogens with one attached hydrogen (secondary N) is 1. The molecule has 6 heteroatoms. The quantitative estimate of drug-likeness (QED) is 0.900. The number of benzene rings is 2. The molecule has 142 valence electrons. The van der Waals surface area contributed by atoms with Crippen molar-refractivity contribution in [3.63, 3.8) is 0 Å². The second-order valence-electron chi connectivity index (χ2n) is 7.40. The topological polar surface area (TPSA) is 66.0 Å². The van der Waals surface area contributed by atoms with Gasteiger partial charge in [0.1, 0.15) is 23.7 Å². The molecule has 1 amide bonds. The molecule has 2 aliphatic rings. The van der Waals surface area contributed by atoms with Crippen molar-refractivity contribution in [1.82, 2.24) is 5.32 Å². The maximum Gasteiger partial charge on any atom is 0.265 e. The molecule has 0 spiro atoms. The van der Waals surface area contributed by atoms with Gasteiger partial charge in [-0.3, -0.25) is 4.79 Å². The highest BCUT2D eigenvalue weighted by Gasteiger charge is 2.37. The zero-order chi connectivity index (χ0) is 19.0. The van der Waals surface area contributed by atoms with E-state index in [0.717, 1.165) is 17.1 Å². The van der Waals surface area contributed by atoms with Gasteiger partial charge in [0, 0.05) is 18.1 Å². The predicted octanol–water partition coefficient (Wildman–Crippen LogP) is 3.25. The van der Waals surface area contributed by atoms with Crippen molar-refractivity contribution in [2.45, 2.75) is 38.0 Å². The van der Waals surface area contributed by atoms with Crippen LogP contribution in [0.5, 0.6) is 23.0 Å². The van der Waals surface area contributed by atoms with E-state index < -0.39 is 11.7 Å².